The molecule has 0 saturated heterocycles. The number of aromatic amines is 1. The number of aliphatic hydroxyl groups excluding tert-OH is 1. The molecule has 1 aromatic heterocycles. The van der Waals surface area contributed by atoms with Crippen LogP contribution in [0.3, 0.4) is 0 Å². The Morgan fingerprint density at radius 1 is 1.06 bits per heavy atom. The molecule has 1 atom stereocenters. The van der Waals surface area contributed by atoms with E-state index in [-0.39, 0.29) is 17.7 Å². The molecule has 1 amide bonds. The SMILES string of the molecule is O=C(N[C@H](CO)c1ccccc1)c1cc(F)c2n[nH]c(/C=C/c3ccc(C(F)(F)F)cc3)c2c1. The van der Waals surface area contributed by atoms with Gasteiger partial charge >= 0.3 is 6.18 Å². The number of alkyl halides is 3. The fourth-order valence-corrected chi connectivity index (χ4v) is 3.48. The summed E-state index contributed by atoms with van der Waals surface area (Å²) in [6.07, 6.45) is -1.33. The van der Waals surface area contributed by atoms with E-state index in [9.17, 15) is 27.5 Å². The molecule has 3 N–H and O–H groups in total. The fraction of sp³-hybridized carbons (Fsp3) is 0.120. The summed E-state index contributed by atoms with van der Waals surface area (Å²) < 4.78 is 52.8. The van der Waals surface area contributed by atoms with E-state index < -0.39 is 29.5 Å². The Labute approximate surface area is 191 Å². The molecule has 0 saturated carbocycles. The number of H-pyrrole nitrogens is 1. The van der Waals surface area contributed by atoms with Crippen molar-refractivity contribution in [3.63, 3.8) is 0 Å². The monoisotopic (exact) mass is 469 g/mol. The third kappa shape index (κ3) is 4.99. The van der Waals surface area contributed by atoms with Crippen molar-refractivity contribution in [3.8, 4) is 0 Å². The Bertz CT molecular complexity index is 1330. The van der Waals surface area contributed by atoms with Gasteiger partial charge < -0.3 is 10.4 Å². The van der Waals surface area contributed by atoms with E-state index in [1.54, 1.807) is 36.4 Å². The standard InChI is InChI=1S/C25H19F4N3O2/c26-20-13-17(24(34)30-22(14-33)16-4-2-1-3-5-16)12-19-21(31-32-23(19)20)11-8-15-6-9-18(10-7-15)25(27,28)29/h1-13,22,33H,14H2,(H,30,34)(H,31,32)/b11-8+/t22-/m1/s1. The molecule has 0 fully saturated rings. The third-order valence-corrected chi connectivity index (χ3v) is 5.27. The average Bonchev–Trinajstić information content (AvgIpc) is 3.25. The maximum absolute atomic E-state index is 14.6. The number of aromatic nitrogens is 2. The van der Waals surface area contributed by atoms with Gasteiger partial charge in [-0.05, 0) is 41.5 Å². The fourth-order valence-electron chi connectivity index (χ4n) is 3.48. The molecule has 0 bridgehead atoms. The minimum atomic E-state index is -4.42. The van der Waals surface area contributed by atoms with Gasteiger partial charge in [0.2, 0.25) is 0 Å². The number of rotatable bonds is 6. The Kier molecular flexibility index (Phi) is 6.47. The maximum atomic E-state index is 14.6. The number of halogens is 4. The lowest BCUT2D eigenvalue weighted by atomic mass is 10.1. The highest BCUT2D eigenvalue weighted by Crippen LogP contribution is 2.29. The van der Waals surface area contributed by atoms with Gasteiger partial charge in [0.25, 0.3) is 5.91 Å². The highest BCUT2D eigenvalue weighted by atomic mass is 19.4. The first-order valence-corrected chi connectivity index (χ1v) is 10.3. The number of carbonyl (C=O) groups excluding carboxylic acids is 1. The van der Waals surface area contributed by atoms with Crippen LogP contribution in [-0.2, 0) is 6.18 Å². The number of nitrogens with zero attached hydrogens (tertiary/aromatic N) is 1. The summed E-state index contributed by atoms with van der Waals surface area (Å²) in [4.78, 5) is 12.8. The zero-order chi connectivity index (χ0) is 24.3. The summed E-state index contributed by atoms with van der Waals surface area (Å²) in [5, 5.41) is 19.3. The quantitative estimate of drug-likeness (QED) is 0.333. The van der Waals surface area contributed by atoms with Gasteiger partial charge in [-0.25, -0.2) is 4.39 Å². The van der Waals surface area contributed by atoms with Crippen molar-refractivity contribution in [2.75, 3.05) is 6.61 Å². The Morgan fingerprint density at radius 2 is 1.76 bits per heavy atom. The topological polar surface area (TPSA) is 78.0 Å². The first-order chi connectivity index (χ1) is 16.3. The number of benzene rings is 3. The molecule has 34 heavy (non-hydrogen) atoms. The summed E-state index contributed by atoms with van der Waals surface area (Å²) in [7, 11) is 0. The van der Waals surface area contributed by atoms with Gasteiger partial charge in [-0.3, -0.25) is 9.89 Å². The smallest absolute Gasteiger partial charge is 0.394 e. The molecule has 0 spiro atoms. The molecule has 0 unspecified atom stereocenters. The lowest BCUT2D eigenvalue weighted by Gasteiger charge is -2.16. The van der Waals surface area contributed by atoms with E-state index in [1.807, 2.05) is 6.07 Å². The molecule has 0 aliphatic heterocycles. The number of hydrogen-bond acceptors (Lipinski definition) is 3. The van der Waals surface area contributed by atoms with Crippen LogP contribution in [0.25, 0.3) is 23.1 Å². The van der Waals surface area contributed by atoms with Crippen molar-refractivity contribution in [3.05, 3.63) is 100 Å². The summed E-state index contributed by atoms with van der Waals surface area (Å²) in [5.74, 6) is -1.30. The number of aliphatic hydroxyl groups is 1. The highest BCUT2D eigenvalue weighted by Gasteiger charge is 2.29. The van der Waals surface area contributed by atoms with Crippen LogP contribution in [0.5, 0.6) is 0 Å². The summed E-state index contributed by atoms with van der Waals surface area (Å²) in [6, 6.07) is 15.3. The second kappa shape index (κ2) is 9.48. The molecule has 1 heterocycles. The lowest BCUT2D eigenvalue weighted by molar-refractivity contribution is -0.137. The van der Waals surface area contributed by atoms with Crippen LogP contribution in [0.1, 0.15) is 38.8 Å². The first-order valence-electron chi connectivity index (χ1n) is 10.3. The van der Waals surface area contributed by atoms with E-state index >= 15 is 0 Å². The average molecular weight is 469 g/mol. The van der Waals surface area contributed by atoms with Crippen molar-refractivity contribution in [1.29, 1.82) is 0 Å². The van der Waals surface area contributed by atoms with Gasteiger partial charge in [-0.2, -0.15) is 18.3 Å². The zero-order valence-electron chi connectivity index (χ0n) is 17.6. The van der Waals surface area contributed by atoms with Crippen molar-refractivity contribution in [2.24, 2.45) is 0 Å². The van der Waals surface area contributed by atoms with Crippen molar-refractivity contribution < 1.29 is 27.5 Å². The van der Waals surface area contributed by atoms with Crippen molar-refractivity contribution >= 4 is 29.0 Å². The second-order valence-electron chi connectivity index (χ2n) is 7.56. The molecule has 174 valence electrons. The predicted octanol–water partition coefficient (Wildman–Crippen LogP) is 5.35. The van der Waals surface area contributed by atoms with Crippen LogP contribution in [0.2, 0.25) is 0 Å². The zero-order valence-corrected chi connectivity index (χ0v) is 17.6. The Hall–Kier alpha value is -3.98. The largest absolute Gasteiger partial charge is 0.416 e. The number of nitrogens with one attached hydrogen (secondary N) is 2. The van der Waals surface area contributed by atoms with Gasteiger partial charge in [0, 0.05) is 10.9 Å². The van der Waals surface area contributed by atoms with Crippen LogP contribution in [-0.4, -0.2) is 27.8 Å². The maximum Gasteiger partial charge on any atom is 0.416 e. The second-order valence-corrected chi connectivity index (χ2v) is 7.56. The number of carbonyl (C=O) groups is 1. The third-order valence-electron chi connectivity index (χ3n) is 5.27. The predicted molar refractivity (Wildman–Crippen MR) is 120 cm³/mol. The van der Waals surface area contributed by atoms with E-state index in [2.05, 4.69) is 15.5 Å². The minimum absolute atomic E-state index is 0.0189. The molecule has 0 radical (unpaired) electrons. The summed E-state index contributed by atoms with van der Waals surface area (Å²) >= 11 is 0. The molecule has 4 rings (SSSR count). The van der Waals surface area contributed by atoms with Gasteiger partial charge in [0.15, 0.2) is 5.82 Å². The molecule has 4 aromatic rings. The highest BCUT2D eigenvalue weighted by molar-refractivity contribution is 6.00. The molecule has 5 nitrogen and oxygen atoms in total. The van der Waals surface area contributed by atoms with Crippen LogP contribution >= 0.6 is 0 Å². The van der Waals surface area contributed by atoms with E-state index in [0.29, 0.717) is 22.2 Å². The molecule has 0 aliphatic rings. The van der Waals surface area contributed by atoms with E-state index in [0.717, 1.165) is 18.2 Å². The lowest BCUT2D eigenvalue weighted by Crippen LogP contribution is -2.30. The van der Waals surface area contributed by atoms with E-state index in [4.69, 9.17) is 0 Å². The molecule has 9 heteroatoms. The van der Waals surface area contributed by atoms with E-state index in [1.165, 1.54) is 18.2 Å². The van der Waals surface area contributed by atoms with Crippen LogP contribution in [0, 0.1) is 5.82 Å². The van der Waals surface area contributed by atoms with Gasteiger partial charge in [-0.1, -0.05) is 48.5 Å². The van der Waals surface area contributed by atoms with Crippen molar-refractivity contribution in [1.82, 2.24) is 15.5 Å². The van der Waals surface area contributed by atoms with Crippen molar-refractivity contribution in [2.45, 2.75) is 12.2 Å². The van der Waals surface area contributed by atoms with Crippen LogP contribution < -0.4 is 5.32 Å². The molecular weight excluding hydrogens is 450 g/mol. The Morgan fingerprint density at radius 3 is 2.41 bits per heavy atom. The summed E-state index contributed by atoms with van der Waals surface area (Å²) in [6.45, 7) is -0.340. The molecular formula is C25H19F4N3O2. The molecule has 0 aliphatic carbocycles. The minimum Gasteiger partial charge on any atom is -0.394 e. The Balaban J connectivity index is 1.59. The number of fused-ring (bicyclic) bond motifs is 1. The van der Waals surface area contributed by atoms with Gasteiger partial charge in [-0.15, -0.1) is 0 Å². The number of amides is 1. The summed E-state index contributed by atoms with van der Waals surface area (Å²) in [5.41, 5.74) is 0.869. The number of hydrogen-bond donors (Lipinski definition) is 3. The van der Waals surface area contributed by atoms with Crippen LogP contribution in [0.15, 0.2) is 66.7 Å². The first kappa shape index (κ1) is 23.2. The van der Waals surface area contributed by atoms with Crippen LogP contribution in [0.4, 0.5) is 17.6 Å². The molecule has 3 aromatic carbocycles. The normalized spacial score (nSPS) is 12.9. The van der Waals surface area contributed by atoms with Gasteiger partial charge in [0.1, 0.15) is 5.52 Å². The van der Waals surface area contributed by atoms with Gasteiger partial charge in [0.05, 0.1) is 23.9 Å².